The van der Waals surface area contributed by atoms with E-state index in [1.165, 1.54) is 24.4 Å². The summed E-state index contributed by atoms with van der Waals surface area (Å²) in [6.45, 7) is 0.811. The van der Waals surface area contributed by atoms with Crippen LogP contribution in [0.25, 0.3) is 5.65 Å². The lowest BCUT2D eigenvalue weighted by atomic mass is 10.2. The number of aromatic nitrogens is 3. The molecule has 0 unspecified atom stereocenters. The van der Waals surface area contributed by atoms with E-state index in [-0.39, 0.29) is 18.3 Å². The molecule has 28 heavy (non-hydrogen) atoms. The number of fused-ring (bicyclic) bond motifs is 1. The maximum atomic E-state index is 13.4. The number of rotatable bonds is 7. The van der Waals surface area contributed by atoms with Crippen LogP contribution >= 0.6 is 15.9 Å². The highest BCUT2D eigenvalue weighted by Gasteiger charge is 2.13. The Hall–Kier alpha value is -2.88. The first-order valence-electron chi connectivity index (χ1n) is 8.61. The van der Waals surface area contributed by atoms with Crippen LogP contribution in [0.3, 0.4) is 0 Å². The Balaban J connectivity index is 1.77. The number of urea groups is 1. The van der Waals surface area contributed by atoms with Gasteiger partial charge < -0.3 is 20.6 Å². The number of hydrogen-bond donors (Lipinski definition) is 3. The monoisotopic (exact) mass is 450 g/mol. The van der Waals surface area contributed by atoms with E-state index >= 15 is 0 Å². The number of carbonyl (C=O) groups excluding carboxylic acids is 1. The van der Waals surface area contributed by atoms with Gasteiger partial charge in [-0.05, 0) is 30.7 Å². The second kappa shape index (κ2) is 8.87. The van der Waals surface area contributed by atoms with Crippen LogP contribution in [0.15, 0.2) is 36.7 Å². The zero-order valence-corrected chi connectivity index (χ0v) is 16.8. The van der Waals surface area contributed by atoms with Crippen LogP contribution < -0.4 is 15.5 Å². The van der Waals surface area contributed by atoms with Gasteiger partial charge in [-0.25, -0.2) is 18.7 Å². The Labute approximate surface area is 169 Å². The fourth-order valence-corrected chi connectivity index (χ4v) is 2.89. The molecule has 3 rings (SSSR count). The van der Waals surface area contributed by atoms with Crippen molar-refractivity contribution in [3.05, 3.63) is 48.0 Å². The van der Waals surface area contributed by atoms with Gasteiger partial charge in [-0.3, -0.25) is 0 Å². The van der Waals surface area contributed by atoms with Crippen LogP contribution in [-0.2, 0) is 6.54 Å². The van der Waals surface area contributed by atoms with Gasteiger partial charge in [-0.2, -0.15) is 5.10 Å². The first-order chi connectivity index (χ1) is 13.5. The molecular weight excluding hydrogens is 431 g/mol. The Morgan fingerprint density at radius 3 is 3.00 bits per heavy atom. The van der Waals surface area contributed by atoms with Crippen molar-refractivity contribution in [3.63, 3.8) is 0 Å². The molecule has 3 aromatic rings. The summed E-state index contributed by atoms with van der Waals surface area (Å²) in [7, 11) is 1.78. The molecule has 0 radical (unpaired) electrons. The number of phenolic OH excluding ortho intramolecular Hbond substituents is 1. The molecule has 2 amide bonds. The Morgan fingerprint density at radius 1 is 1.39 bits per heavy atom. The molecule has 8 nitrogen and oxygen atoms in total. The van der Waals surface area contributed by atoms with Crippen LogP contribution in [0, 0.1) is 5.82 Å². The number of nitrogens with zero attached hydrogens (tertiary/aromatic N) is 4. The number of benzene rings is 1. The van der Waals surface area contributed by atoms with Crippen molar-refractivity contribution in [1.82, 2.24) is 19.9 Å². The number of alkyl halides is 1. The fraction of sp³-hybridized carbons (Fsp3) is 0.278. The lowest BCUT2D eigenvalue weighted by molar-refractivity contribution is 0.252. The largest absolute Gasteiger partial charge is 0.508 e. The molecule has 3 N–H and O–H groups in total. The molecule has 0 atom stereocenters. The number of aromatic hydroxyl groups is 1. The molecule has 0 spiro atoms. The van der Waals surface area contributed by atoms with Crippen LogP contribution in [-0.4, -0.2) is 44.7 Å². The number of amides is 2. The molecule has 148 valence electrons. The summed E-state index contributed by atoms with van der Waals surface area (Å²) in [5.41, 5.74) is 1.39. The van der Waals surface area contributed by atoms with Crippen molar-refractivity contribution in [2.45, 2.75) is 13.0 Å². The first-order valence-corrected chi connectivity index (χ1v) is 9.74. The SMILES string of the molecule is CN(Cc1cc(F)ccc1O)c1ccn2ncc(NC(=O)NCCCBr)c2n1. The Kier molecular flexibility index (Phi) is 6.30. The quantitative estimate of drug-likeness (QED) is 0.379. The van der Waals surface area contributed by atoms with Crippen LogP contribution in [0.1, 0.15) is 12.0 Å². The Bertz CT molecular complexity index is 980. The second-order valence-corrected chi connectivity index (χ2v) is 6.96. The minimum absolute atomic E-state index is 0.0150. The van der Waals surface area contributed by atoms with E-state index in [2.05, 4.69) is 36.6 Å². The number of hydrogen-bond acceptors (Lipinski definition) is 5. The lowest BCUT2D eigenvalue weighted by Crippen LogP contribution is -2.29. The van der Waals surface area contributed by atoms with Crippen molar-refractivity contribution in [2.75, 3.05) is 29.1 Å². The average molecular weight is 451 g/mol. The predicted octanol–water partition coefficient (Wildman–Crippen LogP) is 3.12. The molecule has 0 aliphatic carbocycles. The van der Waals surface area contributed by atoms with Crippen molar-refractivity contribution in [3.8, 4) is 5.75 Å². The van der Waals surface area contributed by atoms with Gasteiger partial charge >= 0.3 is 6.03 Å². The van der Waals surface area contributed by atoms with Crippen LogP contribution in [0.2, 0.25) is 0 Å². The normalized spacial score (nSPS) is 10.8. The van der Waals surface area contributed by atoms with Gasteiger partial charge in [0.1, 0.15) is 23.1 Å². The summed E-state index contributed by atoms with van der Waals surface area (Å²) in [5.74, 6) is 0.179. The average Bonchev–Trinajstić information content (AvgIpc) is 3.07. The van der Waals surface area contributed by atoms with E-state index in [4.69, 9.17) is 0 Å². The van der Waals surface area contributed by atoms with Crippen molar-refractivity contribution in [2.24, 2.45) is 0 Å². The van der Waals surface area contributed by atoms with Crippen molar-refractivity contribution < 1.29 is 14.3 Å². The third-order valence-electron chi connectivity index (χ3n) is 4.04. The zero-order chi connectivity index (χ0) is 20.1. The predicted molar refractivity (Wildman–Crippen MR) is 109 cm³/mol. The first kappa shape index (κ1) is 19.9. The standard InChI is InChI=1S/C18H20BrFN6O2/c1-25(11-12-9-13(20)3-4-15(12)27)16-5-8-26-17(24-16)14(10-22-26)23-18(28)21-7-2-6-19/h3-5,8-10,27H,2,6-7,11H2,1H3,(H2,21,23,28). The number of carbonyl (C=O) groups is 1. The van der Waals surface area contributed by atoms with Gasteiger partial charge in [-0.1, -0.05) is 15.9 Å². The lowest BCUT2D eigenvalue weighted by Gasteiger charge is -2.19. The number of halogens is 2. The van der Waals surface area contributed by atoms with E-state index in [0.29, 0.717) is 29.3 Å². The summed E-state index contributed by atoms with van der Waals surface area (Å²) in [6, 6.07) is 5.23. The molecule has 10 heteroatoms. The number of anilines is 2. The highest BCUT2D eigenvalue weighted by atomic mass is 79.9. The maximum absolute atomic E-state index is 13.4. The van der Waals surface area contributed by atoms with Gasteiger partial charge in [0.2, 0.25) is 0 Å². The molecule has 0 saturated heterocycles. The smallest absolute Gasteiger partial charge is 0.319 e. The van der Waals surface area contributed by atoms with E-state index < -0.39 is 5.82 Å². The highest BCUT2D eigenvalue weighted by Crippen LogP contribution is 2.23. The third kappa shape index (κ3) is 4.69. The Morgan fingerprint density at radius 2 is 2.21 bits per heavy atom. The van der Waals surface area contributed by atoms with Crippen LogP contribution in [0.4, 0.5) is 20.7 Å². The number of phenols is 1. The highest BCUT2D eigenvalue weighted by molar-refractivity contribution is 9.09. The van der Waals surface area contributed by atoms with Gasteiger partial charge in [0, 0.05) is 37.2 Å². The fourth-order valence-electron chi connectivity index (χ4n) is 2.61. The summed E-state index contributed by atoms with van der Waals surface area (Å²) < 4.78 is 15.0. The molecule has 0 aliphatic heterocycles. The molecule has 0 aliphatic rings. The summed E-state index contributed by atoms with van der Waals surface area (Å²) in [5, 5.41) is 20.4. The second-order valence-electron chi connectivity index (χ2n) is 6.16. The molecule has 1 aromatic carbocycles. The molecule has 0 fully saturated rings. The molecule has 0 bridgehead atoms. The van der Waals surface area contributed by atoms with Gasteiger partial charge in [-0.15, -0.1) is 0 Å². The third-order valence-corrected chi connectivity index (χ3v) is 4.60. The zero-order valence-electron chi connectivity index (χ0n) is 15.2. The topological polar surface area (TPSA) is 94.8 Å². The summed E-state index contributed by atoms with van der Waals surface area (Å²) in [4.78, 5) is 18.3. The van der Waals surface area contributed by atoms with Crippen molar-refractivity contribution in [1.29, 1.82) is 0 Å². The van der Waals surface area contributed by atoms with Crippen LogP contribution in [0.5, 0.6) is 5.75 Å². The maximum Gasteiger partial charge on any atom is 0.319 e. The van der Waals surface area contributed by atoms with E-state index in [9.17, 15) is 14.3 Å². The van der Waals surface area contributed by atoms with Gasteiger partial charge in [0.25, 0.3) is 0 Å². The summed E-state index contributed by atoms with van der Waals surface area (Å²) in [6.07, 6.45) is 4.06. The molecule has 2 aromatic heterocycles. The van der Waals surface area contributed by atoms with E-state index in [1.54, 1.807) is 28.7 Å². The minimum atomic E-state index is -0.419. The van der Waals surface area contributed by atoms with E-state index in [0.717, 1.165) is 11.8 Å². The molecular formula is C18H20BrFN6O2. The number of nitrogens with one attached hydrogen (secondary N) is 2. The van der Waals surface area contributed by atoms with Crippen molar-refractivity contribution >= 4 is 39.1 Å². The van der Waals surface area contributed by atoms with E-state index in [1.807, 2.05) is 0 Å². The van der Waals surface area contributed by atoms with Gasteiger partial charge in [0.15, 0.2) is 5.65 Å². The summed E-state index contributed by atoms with van der Waals surface area (Å²) >= 11 is 3.31. The molecule has 2 heterocycles. The molecule has 0 saturated carbocycles. The van der Waals surface area contributed by atoms with Gasteiger partial charge in [0.05, 0.1) is 6.20 Å². The minimum Gasteiger partial charge on any atom is -0.508 e.